The number of rotatable bonds is 16. The first kappa shape index (κ1) is 26.7. The number of carbonyl (C=O) groups excluding carboxylic acids is 1. The van der Waals surface area contributed by atoms with E-state index < -0.39 is 6.10 Å². The van der Waals surface area contributed by atoms with Crippen LogP contribution in [0.3, 0.4) is 0 Å². The predicted molar refractivity (Wildman–Crippen MR) is 112 cm³/mol. The zero-order valence-electron chi connectivity index (χ0n) is 16.4. The average Bonchev–Trinajstić information content (AvgIpc) is 2.63. The Morgan fingerprint density at radius 3 is 1.77 bits per heavy atom. The van der Waals surface area contributed by atoms with Gasteiger partial charge in [-0.15, -0.1) is 0 Å². The highest BCUT2D eigenvalue weighted by atomic mass is 16.3. The number of nitrogens with two attached hydrogens (primary N) is 1. The maximum absolute atomic E-state index is 11.4. The molecule has 0 aromatic rings. The first-order chi connectivity index (χ1) is 12.2. The third kappa shape index (κ3) is 18.8. The Balaban J connectivity index is 0. The lowest BCUT2D eigenvalue weighted by Gasteiger charge is -2.04. The van der Waals surface area contributed by atoms with Gasteiger partial charge in [0.1, 0.15) is 6.10 Å². The third-order valence-electron chi connectivity index (χ3n) is 3.85. The van der Waals surface area contributed by atoms with Crippen molar-refractivity contribution in [3.05, 3.63) is 48.6 Å². The topological polar surface area (TPSA) is 94.8 Å². The first-order valence-corrected chi connectivity index (χ1v) is 9.73. The fourth-order valence-corrected chi connectivity index (χ4v) is 2.25. The Morgan fingerprint density at radius 1 is 0.846 bits per heavy atom. The lowest BCUT2D eigenvalue weighted by molar-refractivity contribution is -0.126. The van der Waals surface area contributed by atoms with E-state index in [2.05, 4.69) is 55.5 Å². The molecule has 150 valence electrons. The quantitative estimate of drug-likeness (QED) is 0.317. The SMILES string of the molecule is CCCCC/C=C\C/C=C\C/C=C\C/C=C\CCCC(=O)C(O)CN.O. The molecule has 0 rings (SSSR count). The number of unbranched alkanes of at least 4 members (excludes halogenated alkanes) is 4. The van der Waals surface area contributed by atoms with Crippen LogP contribution < -0.4 is 5.73 Å². The number of Topliss-reactive ketones (excluding diaryl/α,β-unsaturated/α-hetero) is 1. The van der Waals surface area contributed by atoms with E-state index >= 15 is 0 Å². The van der Waals surface area contributed by atoms with Crippen LogP contribution in [0.1, 0.15) is 71.1 Å². The van der Waals surface area contributed by atoms with Gasteiger partial charge in [-0.05, 0) is 44.9 Å². The normalized spacial score (nSPS) is 13.2. The summed E-state index contributed by atoms with van der Waals surface area (Å²) in [5, 5.41) is 9.25. The molecule has 0 aliphatic carbocycles. The van der Waals surface area contributed by atoms with E-state index in [1.165, 1.54) is 25.7 Å². The molecule has 26 heavy (non-hydrogen) atoms. The van der Waals surface area contributed by atoms with E-state index in [4.69, 9.17) is 5.73 Å². The number of hydrogen-bond acceptors (Lipinski definition) is 3. The molecule has 1 atom stereocenters. The van der Waals surface area contributed by atoms with Gasteiger partial charge in [0.25, 0.3) is 0 Å². The molecule has 0 amide bonds. The summed E-state index contributed by atoms with van der Waals surface area (Å²) in [6, 6.07) is 0. The highest BCUT2D eigenvalue weighted by Gasteiger charge is 2.10. The van der Waals surface area contributed by atoms with Gasteiger partial charge in [-0.2, -0.15) is 0 Å². The van der Waals surface area contributed by atoms with Crippen LogP contribution in [0.2, 0.25) is 0 Å². The van der Waals surface area contributed by atoms with Crippen molar-refractivity contribution in [2.24, 2.45) is 5.73 Å². The van der Waals surface area contributed by atoms with Gasteiger partial charge < -0.3 is 16.3 Å². The molecule has 0 aliphatic heterocycles. The molecule has 0 fully saturated rings. The van der Waals surface area contributed by atoms with Crippen LogP contribution in [0.25, 0.3) is 0 Å². The summed E-state index contributed by atoms with van der Waals surface area (Å²) < 4.78 is 0. The highest BCUT2D eigenvalue weighted by molar-refractivity contribution is 5.82. The molecule has 0 bridgehead atoms. The summed E-state index contributed by atoms with van der Waals surface area (Å²) in [5.74, 6) is -0.154. The highest BCUT2D eigenvalue weighted by Crippen LogP contribution is 2.02. The molecule has 0 aromatic heterocycles. The van der Waals surface area contributed by atoms with Crippen LogP contribution >= 0.6 is 0 Å². The molecule has 0 aliphatic rings. The van der Waals surface area contributed by atoms with Gasteiger partial charge in [0, 0.05) is 13.0 Å². The maximum Gasteiger partial charge on any atom is 0.162 e. The van der Waals surface area contributed by atoms with Crippen molar-refractivity contribution in [2.45, 2.75) is 77.2 Å². The van der Waals surface area contributed by atoms with E-state index in [1.807, 2.05) is 0 Å². The second-order valence-corrected chi connectivity index (χ2v) is 6.20. The second-order valence-electron chi connectivity index (χ2n) is 6.20. The van der Waals surface area contributed by atoms with Crippen molar-refractivity contribution in [1.29, 1.82) is 0 Å². The minimum Gasteiger partial charge on any atom is -0.412 e. The van der Waals surface area contributed by atoms with Crippen LogP contribution in [0, 0.1) is 0 Å². The Labute approximate surface area is 159 Å². The number of hydrogen-bond donors (Lipinski definition) is 2. The predicted octanol–water partition coefficient (Wildman–Crippen LogP) is 4.20. The summed E-state index contributed by atoms with van der Waals surface area (Å²) in [5.41, 5.74) is 5.24. The van der Waals surface area contributed by atoms with Crippen LogP contribution in [-0.4, -0.2) is 29.0 Å². The van der Waals surface area contributed by atoms with Gasteiger partial charge in [0.05, 0.1) is 0 Å². The average molecular weight is 366 g/mol. The Morgan fingerprint density at radius 2 is 1.31 bits per heavy atom. The van der Waals surface area contributed by atoms with Crippen molar-refractivity contribution in [1.82, 2.24) is 0 Å². The second kappa shape index (κ2) is 21.6. The third-order valence-corrected chi connectivity index (χ3v) is 3.85. The molecule has 0 saturated carbocycles. The minimum atomic E-state index is -0.989. The summed E-state index contributed by atoms with van der Waals surface area (Å²) in [6.07, 6.45) is 26.6. The number of ketones is 1. The molecule has 0 saturated heterocycles. The van der Waals surface area contributed by atoms with Crippen LogP contribution in [0.15, 0.2) is 48.6 Å². The lowest BCUT2D eigenvalue weighted by atomic mass is 10.1. The monoisotopic (exact) mass is 365 g/mol. The fourth-order valence-electron chi connectivity index (χ4n) is 2.25. The number of aliphatic hydroxyl groups is 1. The molecule has 0 spiro atoms. The van der Waals surface area contributed by atoms with E-state index in [9.17, 15) is 9.90 Å². The molecule has 0 heterocycles. The fraction of sp³-hybridized carbons (Fsp3) is 0.591. The zero-order chi connectivity index (χ0) is 18.6. The standard InChI is InChI=1S/C22H37NO2.H2O/c1-2-3-4-5-6-7-8-9-10-11-12-13-14-15-16-17-18-19-21(24)22(25)20-23;/h6-7,9-10,12-13,15-16,22,25H,2-5,8,11,14,17-20,23H2,1H3;1H2/b7-6-,10-9-,13-12-,16-15-;. The van der Waals surface area contributed by atoms with Crippen molar-refractivity contribution >= 4 is 5.78 Å². The van der Waals surface area contributed by atoms with Gasteiger partial charge in [-0.1, -0.05) is 68.4 Å². The minimum absolute atomic E-state index is 0. The molecule has 1 unspecified atom stereocenters. The summed E-state index contributed by atoms with van der Waals surface area (Å²) in [7, 11) is 0. The smallest absolute Gasteiger partial charge is 0.162 e. The summed E-state index contributed by atoms with van der Waals surface area (Å²) >= 11 is 0. The van der Waals surface area contributed by atoms with Crippen LogP contribution in [0.4, 0.5) is 0 Å². The molecule has 0 aromatic carbocycles. The summed E-state index contributed by atoms with van der Waals surface area (Å²) in [4.78, 5) is 11.4. The van der Waals surface area contributed by atoms with E-state index in [1.54, 1.807) is 0 Å². The van der Waals surface area contributed by atoms with Crippen molar-refractivity contribution < 1.29 is 15.4 Å². The van der Waals surface area contributed by atoms with Gasteiger partial charge in [-0.25, -0.2) is 0 Å². The molecule has 0 radical (unpaired) electrons. The number of allylic oxidation sites excluding steroid dienone is 8. The van der Waals surface area contributed by atoms with Crippen molar-refractivity contribution in [3.63, 3.8) is 0 Å². The van der Waals surface area contributed by atoms with Crippen LogP contribution in [0.5, 0.6) is 0 Å². The first-order valence-electron chi connectivity index (χ1n) is 9.73. The van der Waals surface area contributed by atoms with Gasteiger partial charge in [0.2, 0.25) is 0 Å². The Bertz CT molecular complexity index is 425. The van der Waals surface area contributed by atoms with Crippen molar-refractivity contribution in [3.8, 4) is 0 Å². The maximum atomic E-state index is 11.4. The van der Waals surface area contributed by atoms with Gasteiger partial charge in [-0.3, -0.25) is 4.79 Å². The molecular weight excluding hydrogens is 326 g/mol. The zero-order valence-corrected chi connectivity index (χ0v) is 16.4. The molecule has 5 N–H and O–H groups in total. The van der Waals surface area contributed by atoms with Gasteiger partial charge in [0.15, 0.2) is 5.78 Å². The lowest BCUT2D eigenvalue weighted by Crippen LogP contribution is -2.28. The summed E-state index contributed by atoms with van der Waals surface area (Å²) in [6.45, 7) is 2.25. The van der Waals surface area contributed by atoms with Crippen LogP contribution in [-0.2, 0) is 4.79 Å². The largest absolute Gasteiger partial charge is 0.412 e. The molecule has 4 nitrogen and oxygen atoms in total. The van der Waals surface area contributed by atoms with Crippen molar-refractivity contribution in [2.75, 3.05) is 6.54 Å². The Kier molecular flexibility index (Phi) is 22.2. The molecular formula is C22H39NO3. The number of carbonyl (C=O) groups is 1. The molecule has 4 heteroatoms. The van der Waals surface area contributed by atoms with E-state index in [0.29, 0.717) is 6.42 Å². The van der Waals surface area contributed by atoms with Gasteiger partial charge >= 0.3 is 0 Å². The number of aliphatic hydroxyl groups excluding tert-OH is 1. The van der Waals surface area contributed by atoms with E-state index in [0.717, 1.165) is 32.1 Å². The van der Waals surface area contributed by atoms with E-state index in [-0.39, 0.29) is 17.8 Å². The Hall–Kier alpha value is -1.49.